The molecule has 0 aromatic heterocycles. The van der Waals surface area contributed by atoms with E-state index in [-0.39, 0.29) is 0 Å². The molecule has 0 heterocycles. The van der Waals surface area contributed by atoms with Gasteiger partial charge in [-0.15, -0.1) is 0 Å². The lowest BCUT2D eigenvalue weighted by molar-refractivity contribution is 0.317. The van der Waals surface area contributed by atoms with Gasteiger partial charge in [0.25, 0.3) is 0 Å². The second-order valence-corrected chi connectivity index (χ2v) is 6.20. The summed E-state index contributed by atoms with van der Waals surface area (Å²) in [6.07, 6.45) is 2.55. The summed E-state index contributed by atoms with van der Waals surface area (Å²) < 4.78 is 17.6. The normalized spacial score (nSPS) is 12.6. The van der Waals surface area contributed by atoms with Crippen molar-refractivity contribution in [2.24, 2.45) is 0 Å². The largest absolute Gasteiger partial charge is 0.617 e. The molecule has 90 valence electrons. The third kappa shape index (κ3) is 4.36. The van der Waals surface area contributed by atoms with Crippen molar-refractivity contribution in [3.05, 3.63) is 27.7 Å². The van der Waals surface area contributed by atoms with E-state index in [1.165, 1.54) is 11.1 Å². The van der Waals surface area contributed by atoms with Crippen LogP contribution in [-0.4, -0.2) is 23.2 Å². The molecule has 1 aromatic carbocycles. The summed E-state index contributed by atoms with van der Waals surface area (Å²) >= 11 is 2.80. The van der Waals surface area contributed by atoms with E-state index in [1.54, 1.807) is 6.26 Å². The summed E-state index contributed by atoms with van der Waals surface area (Å²) in [5, 5.41) is 0. The summed E-state index contributed by atoms with van der Waals surface area (Å²) in [6.45, 7) is 4.72. The molecule has 0 radical (unpaired) electrons. The lowest BCUT2D eigenvalue weighted by Crippen LogP contribution is -2.08. The topological polar surface area (TPSA) is 32.3 Å². The van der Waals surface area contributed by atoms with Crippen LogP contribution in [0.5, 0.6) is 5.75 Å². The highest BCUT2D eigenvalue weighted by atomic mass is 79.9. The van der Waals surface area contributed by atoms with E-state index in [4.69, 9.17) is 4.74 Å². The number of aryl methyl sites for hydroxylation is 2. The minimum absolute atomic E-state index is 0.625. The van der Waals surface area contributed by atoms with Gasteiger partial charge < -0.3 is 9.29 Å². The molecule has 0 bridgehead atoms. The maximum Gasteiger partial charge on any atom is 0.119 e. The lowest BCUT2D eigenvalue weighted by atomic mass is 10.1. The van der Waals surface area contributed by atoms with Gasteiger partial charge in [-0.3, -0.25) is 0 Å². The number of halogens is 1. The average molecular weight is 305 g/mol. The van der Waals surface area contributed by atoms with Crippen LogP contribution >= 0.6 is 15.9 Å². The van der Waals surface area contributed by atoms with Crippen molar-refractivity contribution >= 4 is 27.1 Å². The maximum atomic E-state index is 10.9. The molecule has 0 aliphatic carbocycles. The Morgan fingerprint density at radius 1 is 1.31 bits per heavy atom. The van der Waals surface area contributed by atoms with Gasteiger partial charge in [0.15, 0.2) is 0 Å². The standard InChI is InChI=1S/C12H17BrO2S/c1-9-7-11(8-10(2)12(9)13)15-5-4-6-16(3)14/h7-8H,4-6H2,1-3H3. The first-order valence-corrected chi connectivity index (χ1v) is 7.72. The van der Waals surface area contributed by atoms with E-state index in [0.29, 0.717) is 12.4 Å². The minimum Gasteiger partial charge on any atom is -0.617 e. The number of hydrogen-bond acceptors (Lipinski definition) is 2. The van der Waals surface area contributed by atoms with Gasteiger partial charge in [-0.25, -0.2) is 0 Å². The molecule has 0 saturated heterocycles. The van der Waals surface area contributed by atoms with Crippen LogP contribution in [0.3, 0.4) is 0 Å². The molecule has 4 heteroatoms. The van der Waals surface area contributed by atoms with E-state index in [9.17, 15) is 4.55 Å². The molecule has 1 atom stereocenters. The van der Waals surface area contributed by atoms with Crippen molar-refractivity contribution in [3.8, 4) is 5.75 Å². The number of ether oxygens (including phenoxy) is 1. The first-order valence-electron chi connectivity index (χ1n) is 5.20. The predicted octanol–water partition coefficient (Wildman–Crippen LogP) is 3.21. The molecular formula is C12H17BrO2S. The summed E-state index contributed by atoms with van der Waals surface area (Å²) in [5.41, 5.74) is 2.35. The first kappa shape index (κ1) is 13.9. The van der Waals surface area contributed by atoms with Gasteiger partial charge >= 0.3 is 0 Å². The zero-order chi connectivity index (χ0) is 12.1. The smallest absolute Gasteiger partial charge is 0.119 e. The van der Waals surface area contributed by atoms with Gasteiger partial charge in [-0.1, -0.05) is 27.1 Å². The second-order valence-electron chi connectivity index (χ2n) is 3.85. The van der Waals surface area contributed by atoms with Crippen LogP contribution in [-0.2, 0) is 11.2 Å². The van der Waals surface area contributed by atoms with Gasteiger partial charge in [-0.05, 0) is 37.1 Å². The van der Waals surface area contributed by atoms with Gasteiger partial charge in [0, 0.05) is 10.9 Å². The van der Waals surface area contributed by atoms with Crippen LogP contribution in [0.25, 0.3) is 0 Å². The molecule has 0 aliphatic rings. The fourth-order valence-electron chi connectivity index (χ4n) is 1.44. The fraction of sp³-hybridized carbons (Fsp3) is 0.500. The summed E-state index contributed by atoms with van der Waals surface area (Å²) in [4.78, 5) is 0. The molecular weight excluding hydrogens is 288 g/mol. The van der Waals surface area contributed by atoms with Gasteiger partial charge in [0.1, 0.15) is 11.5 Å². The van der Waals surface area contributed by atoms with E-state index in [1.807, 2.05) is 26.0 Å². The van der Waals surface area contributed by atoms with Crippen LogP contribution < -0.4 is 4.74 Å². The van der Waals surface area contributed by atoms with Gasteiger partial charge in [0.2, 0.25) is 0 Å². The SMILES string of the molecule is Cc1cc(OCCC[S+](C)[O-])cc(C)c1Br. The molecule has 16 heavy (non-hydrogen) atoms. The predicted molar refractivity (Wildman–Crippen MR) is 72.7 cm³/mol. The van der Waals surface area contributed by atoms with Crippen LogP contribution in [0, 0.1) is 13.8 Å². The molecule has 0 amide bonds. The fourth-order valence-corrected chi connectivity index (χ4v) is 2.20. The Labute approximate surface area is 109 Å². The zero-order valence-corrected chi connectivity index (χ0v) is 12.3. The molecule has 0 aliphatic heterocycles. The summed E-state index contributed by atoms with van der Waals surface area (Å²) in [5.74, 6) is 1.59. The number of rotatable bonds is 5. The van der Waals surface area contributed by atoms with Gasteiger partial charge in [0.05, 0.1) is 12.9 Å². The monoisotopic (exact) mass is 304 g/mol. The minimum atomic E-state index is -0.723. The molecule has 1 rings (SSSR count). The van der Waals surface area contributed by atoms with Crippen LogP contribution in [0.4, 0.5) is 0 Å². The van der Waals surface area contributed by atoms with E-state index in [0.717, 1.165) is 16.6 Å². The Hall–Kier alpha value is -0.190. The number of hydrogen-bond donors (Lipinski definition) is 0. The van der Waals surface area contributed by atoms with E-state index in [2.05, 4.69) is 15.9 Å². The highest BCUT2D eigenvalue weighted by molar-refractivity contribution is 9.10. The summed E-state index contributed by atoms with van der Waals surface area (Å²) in [7, 11) is 0. The zero-order valence-electron chi connectivity index (χ0n) is 9.88. The van der Waals surface area contributed by atoms with Crippen LogP contribution in [0.2, 0.25) is 0 Å². The Morgan fingerprint density at radius 3 is 2.38 bits per heavy atom. The molecule has 0 saturated carbocycles. The Balaban J connectivity index is 2.49. The maximum absolute atomic E-state index is 10.9. The molecule has 1 aromatic rings. The Morgan fingerprint density at radius 2 is 1.88 bits per heavy atom. The lowest BCUT2D eigenvalue weighted by Gasteiger charge is -2.10. The highest BCUT2D eigenvalue weighted by Crippen LogP contribution is 2.26. The molecule has 2 nitrogen and oxygen atoms in total. The highest BCUT2D eigenvalue weighted by Gasteiger charge is 2.03. The van der Waals surface area contributed by atoms with Crippen molar-refractivity contribution in [2.75, 3.05) is 18.6 Å². The van der Waals surface area contributed by atoms with Crippen molar-refractivity contribution < 1.29 is 9.29 Å². The third-order valence-corrected chi connectivity index (χ3v) is 4.37. The second kappa shape index (κ2) is 6.52. The van der Waals surface area contributed by atoms with Crippen LogP contribution in [0.1, 0.15) is 17.5 Å². The third-order valence-electron chi connectivity index (χ3n) is 2.25. The van der Waals surface area contributed by atoms with E-state index >= 15 is 0 Å². The van der Waals surface area contributed by atoms with Crippen molar-refractivity contribution in [1.29, 1.82) is 0 Å². The van der Waals surface area contributed by atoms with E-state index < -0.39 is 11.2 Å². The molecule has 0 fully saturated rings. The van der Waals surface area contributed by atoms with Crippen molar-refractivity contribution in [3.63, 3.8) is 0 Å². The first-order chi connectivity index (χ1) is 7.50. The molecule has 1 unspecified atom stereocenters. The molecule has 0 N–H and O–H groups in total. The Kier molecular flexibility index (Phi) is 5.66. The van der Waals surface area contributed by atoms with Gasteiger partial charge in [-0.2, -0.15) is 0 Å². The molecule has 0 spiro atoms. The Bertz CT molecular complexity index is 330. The van der Waals surface area contributed by atoms with Crippen LogP contribution in [0.15, 0.2) is 16.6 Å². The number of benzene rings is 1. The van der Waals surface area contributed by atoms with Crippen molar-refractivity contribution in [1.82, 2.24) is 0 Å². The summed E-state index contributed by atoms with van der Waals surface area (Å²) in [6, 6.07) is 4.03. The van der Waals surface area contributed by atoms with Crippen molar-refractivity contribution in [2.45, 2.75) is 20.3 Å². The average Bonchev–Trinajstić information content (AvgIpc) is 2.20. The quantitative estimate of drug-likeness (QED) is 0.618.